The van der Waals surface area contributed by atoms with E-state index in [9.17, 15) is 0 Å². The number of aliphatic imine (C=N–C) groups is 2. The Kier molecular flexibility index (Phi) is 3.21. The van der Waals surface area contributed by atoms with Crippen molar-refractivity contribution in [3.05, 3.63) is 59.9 Å². The Labute approximate surface area is 131 Å². The molecule has 0 bridgehead atoms. The van der Waals surface area contributed by atoms with Crippen LogP contribution < -0.4 is 0 Å². The summed E-state index contributed by atoms with van der Waals surface area (Å²) >= 11 is 0. The Morgan fingerprint density at radius 2 is 1.59 bits per heavy atom. The average molecular weight is 291 g/mol. The van der Waals surface area contributed by atoms with Gasteiger partial charge in [0.15, 0.2) is 5.66 Å². The van der Waals surface area contributed by atoms with Crippen LogP contribution >= 0.6 is 0 Å². The maximum absolute atomic E-state index is 5.13. The van der Waals surface area contributed by atoms with E-state index in [4.69, 9.17) is 9.98 Å². The Morgan fingerprint density at radius 3 is 2.27 bits per heavy atom. The summed E-state index contributed by atoms with van der Waals surface area (Å²) in [7, 11) is 2.08. The van der Waals surface area contributed by atoms with E-state index in [0.29, 0.717) is 0 Å². The molecule has 1 aromatic heterocycles. The number of rotatable bonds is 2. The highest BCUT2D eigenvalue weighted by Crippen LogP contribution is 2.38. The first-order chi connectivity index (χ1) is 10.8. The highest BCUT2D eigenvalue weighted by Gasteiger charge is 2.38. The molecule has 0 radical (unpaired) electrons. The third-order valence-corrected chi connectivity index (χ3v) is 4.75. The van der Waals surface area contributed by atoms with E-state index in [2.05, 4.69) is 60.3 Å². The molecule has 1 spiro atoms. The van der Waals surface area contributed by atoms with Crippen molar-refractivity contribution in [3.8, 4) is 0 Å². The van der Waals surface area contributed by atoms with E-state index in [0.717, 1.165) is 30.0 Å². The van der Waals surface area contributed by atoms with Crippen molar-refractivity contribution in [2.24, 2.45) is 17.0 Å². The van der Waals surface area contributed by atoms with Crippen LogP contribution in [-0.2, 0) is 7.05 Å². The smallest absolute Gasteiger partial charge is 0.151 e. The maximum atomic E-state index is 5.13. The van der Waals surface area contributed by atoms with Gasteiger partial charge in [0.2, 0.25) is 0 Å². The highest BCUT2D eigenvalue weighted by atomic mass is 15.1. The van der Waals surface area contributed by atoms with Crippen molar-refractivity contribution in [1.29, 1.82) is 0 Å². The molecule has 2 aromatic rings. The van der Waals surface area contributed by atoms with Crippen molar-refractivity contribution in [2.45, 2.75) is 37.8 Å². The van der Waals surface area contributed by atoms with Gasteiger partial charge >= 0.3 is 0 Å². The largest absolute Gasteiger partial charge is 0.349 e. The third kappa shape index (κ3) is 2.21. The summed E-state index contributed by atoms with van der Waals surface area (Å²) in [5.41, 5.74) is 4.24. The molecule has 0 unspecified atom stereocenters. The number of nitrogens with zero attached hydrogens (tertiary/aromatic N) is 3. The molecule has 1 aromatic carbocycles. The minimum absolute atomic E-state index is 0.205. The van der Waals surface area contributed by atoms with Gasteiger partial charge in [0.05, 0.1) is 11.4 Å². The molecular weight excluding hydrogens is 270 g/mol. The first-order valence-corrected chi connectivity index (χ1v) is 8.15. The van der Waals surface area contributed by atoms with Gasteiger partial charge in [-0.1, -0.05) is 36.8 Å². The van der Waals surface area contributed by atoms with E-state index in [1.807, 2.05) is 0 Å². The van der Waals surface area contributed by atoms with Crippen LogP contribution in [0.4, 0.5) is 0 Å². The van der Waals surface area contributed by atoms with Crippen molar-refractivity contribution < 1.29 is 0 Å². The molecule has 0 atom stereocenters. The Morgan fingerprint density at radius 1 is 0.864 bits per heavy atom. The first kappa shape index (κ1) is 13.5. The molecule has 2 aliphatic rings. The first-order valence-electron chi connectivity index (χ1n) is 8.15. The molecule has 3 nitrogen and oxygen atoms in total. The summed E-state index contributed by atoms with van der Waals surface area (Å²) in [5.74, 6) is 0. The fourth-order valence-electron chi connectivity index (χ4n) is 3.57. The zero-order valence-corrected chi connectivity index (χ0v) is 13.0. The summed E-state index contributed by atoms with van der Waals surface area (Å²) in [6, 6.07) is 14.7. The van der Waals surface area contributed by atoms with Crippen LogP contribution in [0.2, 0.25) is 0 Å². The minimum Gasteiger partial charge on any atom is -0.349 e. The molecule has 0 amide bonds. The lowest BCUT2D eigenvalue weighted by atomic mass is 9.90. The lowest BCUT2D eigenvalue weighted by molar-refractivity contribution is 0.316. The topological polar surface area (TPSA) is 29.6 Å². The summed E-state index contributed by atoms with van der Waals surface area (Å²) in [6.45, 7) is 0. The number of hydrogen-bond donors (Lipinski definition) is 0. The van der Waals surface area contributed by atoms with E-state index < -0.39 is 0 Å². The van der Waals surface area contributed by atoms with Crippen LogP contribution in [0.5, 0.6) is 0 Å². The molecule has 1 aliphatic heterocycles. The van der Waals surface area contributed by atoms with Crippen molar-refractivity contribution in [3.63, 3.8) is 0 Å². The van der Waals surface area contributed by atoms with Gasteiger partial charge in [-0.25, -0.2) is 0 Å². The number of aryl methyl sites for hydroxylation is 1. The molecule has 2 heterocycles. The zero-order chi connectivity index (χ0) is 15.0. The third-order valence-electron chi connectivity index (χ3n) is 4.75. The van der Waals surface area contributed by atoms with Crippen LogP contribution in [0.1, 0.15) is 43.4 Å². The maximum Gasteiger partial charge on any atom is 0.151 e. The van der Waals surface area contributed by atoms with Crippen LogP contribution in [0.3, 0.4) is 0 Å². The standard InChI is InChI=1S/C19H21N3/c1-22-14-8-11-16(22)18-17(15-9-4-2-5-10-15)20-19(21-18)12-6-3-7-13-19/h2,4-5,8-11,14H,3,6-7,12-13H2,1H3. The summed E-state index contributed by atoms with van der Waals surface area (Å²) < 4.78 is 2.14. The van der Waals surface area contributed by atoms with Gasteiger partial charge in [-0.2, -0.15) is 0 Å². The Bertz CT molecular complexity index is 731. The quantitative estimate of drug-likeness (QED) is 0.801. The predicted molar refractivity (Wildman–Crippen MR) is 90.7 cm³/mol. The number of hydrogen-bond acceptors (Lipinski definition) is 2. The van der Waals surface area contributed by atoms with Crippen molar-refractivity contribution in [1.82, 2.24) is 4.57 Å². The second-order valence-corrected chi connectivity index (χ2v) is 6.33. The lowest BCUT2D eigenvalue weighted by Gasteiger charge is -2.27. The fraction of sp³-hybridized carbons (Fsp3) is 0.368. The van der Waals surface area contributed by atoms with Gasteiger partial charge in [0.1, 0.15) is 5.71 Å². The SMILES string of the molecule is Cn1cccc1C1=NC2(CCCCC2)N=C1c1ccccc1. The lowest BCUT2D eigenvalue weighted by Crippen LogP contribution is -2.25. The molecular formula is C19H21N3. The molecule has 3 heteroatoms. The van der Waals surface area contributed by atoms with Crippen LogP contribution in [0.25, 0.3) is 0 Å². The van der Waals surface area contributed by atoms with Gasteiger partial charge in [0.25, 0.3) is 0 Å². The second kappa shape index (κ2) is 5.24. The number of benzene rings is 1. The van der Waals surface area contributed by atoms with Gasteiger partial charge < -0.3 is 4.57 Å². The fourth-order valence-corrected chi connectivity index (χ4v) is 3.57. The molecule has 112 valence electrons. The molecule has 1 aliphatic carbocycles. The molecule has 1 fully saturated rings. The van der Waals surface area contributed by atoms with E-state index in [1.54, 1.807) is 0 Å². The van der Waals surface area contributed by atoms with Gasteiger partial charge in [-0.15, -0.1) is 0 Å². The van der Waals surface area contributed by atoms with E-state index >= 15 is 0 Å². The Hall–Kier alpha value is -2.16. The van der Waals surface area contributed by atoms with Gasteiger partial charge in [-0.05, 0) is 37.8 Å². The summed E-state index contributed by atoms with van der Waals surface area (Å²) in [5, 5.41) is 0. The minimum atomic E-state index is -0.205. The summed E-state index contributed by atoms with van der Waals surface area (Å²) in [6.07, 6.45) is 8.01. The van der Waals surface area contributed by atoms with Crippen LogP contribution in [-0.4, -0.2) is 21.7 Å². The summed E-state index contributed by atoms with van der Waals surface area (Å²) in [4.78, 5) is 10.3. The van der Waals surface area contributed by atoms with E-state index in [-0.39, 0.29) is 5.66 Å². The van der Waals surface area contributed by atoms with Crippen molar-refractivity contribution in [2.75, 3.05) is 0 Å². The Balaban J connectivity index is 1.84. The second-order valence-electron chi connectivity index (χ2n) is 6.33. The average Bonchev–Trinajstić information content (AvgIpc) is 3.13. The highest BCUT2D eigenvalue weighted by molar-refractivity contribution is 6.54. The molecule has 4 rings (SSSR count). The molecule has 1 saturated carbocycles. The molecule has 0 saturated heterocycles. The number of aromatic nitrogens is 1. The zero-order valence-electron chi connectivity index (χ0n) is 13.0. The monoisotopic (exact) mass is 291 g/mol. The predicted octanol–water partition coefficient (Wildman–Crippen LogP) is 3.98. The molecule has 22 heavy (non-hydrogen) atoms. The normalized spacial score (nSPS) is 20.0. The van der Waals surface area contributed by atoms with Crippen LogP contribution in [0.15, 0.2) is 58.6 Å². The molecule has 0 N–H and O–H groups in total. The van der Waals surface area contributed by atoms with Crippen molar-refractivity contribution >= 4 is 11.4 Å². The van der Waals surface area contributed by atoms with E-state index in [1.165, 1.54) is 24.8 Å². The van der Waals surface area contributed by atoms with Gasteiger partial charge in [-0.3, -0.25) is 9.98 Å². The van der Waals surface area contributed by atoms with Gasteiger partial charge in [0, 0.05) is 18.8 Å². The van der Waals surface area contributed by atoms with Crippen LogP contribution in [0, 0.1) is 0 Å².